The Hall–Kier alpha value is -2.49. The van der Waals surface area contributed by atoms with Crippen LogP contribution in [0.4, 0.5) is 4.39 Å². The van der Waals surface area contributed by atoms with Crippen molar-refractivity contribution < 1.29 is 14.2 Å². The second kappa shape index (κ2) is 4.65. The van der Waals surface area contributed by atoms with Gasteiger partial charge in [0, 0.05) is 28.7 Å². The lowest BCUT2D eigenvalue weighted by Gasteiger charge is -2.05. The number of fused-ring (bicyclic) bond motifs is 1. The quantitative estimate of drug-likeness (QED) is 0.753. The molecule has 0 saturated heterocycles. The molecular weight excluding hydrogens is 245 g/mol. The number of ether oxygens (including phenoxy) is 1. The lowest BCUT2D eigenvalue weighted by Crippen LogP contribution is -1.94. The Morgan fingerprint density at radius 1 is 1.16 bits per heavy atom. The SMILES string of the molecule is Oc1ccc2[nH]cc(COc3cccc(F)c3)c2c1. The smallest absolute Gasteiger partial charge is 0.126 e. The fourth-order valence-corrected chi connectivity index (χ4v) is 2.00. The first-order chi connectivity index (χ1) is 9.22. The Labute approximate surface area is 109 Å². The van der Waals surface area contributed by atoms with Crippen LogP contribution in [-0.4, -0.2) is 10.1 Å². The lowest BCUT2D eigenvalue weighted by molar-refractivity contribution is 0.306. The van der Waals surface area contributed by atoms with Gasteiger partial charge >= 0.3 is 0 Å². The van der Waals surface area contributed by atoms with Gasteiger partial charge in [-0.15, -0.1) is 0 Å². The molecule has 0 aliphatic carbocycles. The van der Waals surface area contributed by atoms with E-state index in [2.05, 4.69) is 4.98 Å². The van der Waals surface area contributed by atoms with Gasteiger partial charge in [0.2, 0.25) is 0 Å². The van der Waals surface area contributed by atoms with Gasteiger partial charge in [-0.1, -0.05) is 6.07 Å². The van der Waals surface area contributed by atoms with E-state index in [1.165, 1.54) is 12.1 Å². The van der Waals surface area contributed by atoms with E-state index in [0.29, 0.717) is 12.4 Å². The lowest BCUT2D eigenvalue weighted by atomic mass is 10.2. The van der Waals surface area contributed by atoms with E-state index in [-0.39, 0.29) is 11.6 Å². The molecule has 3 aromatic rings. The van der Waals surface area contributed by atoms with Crippen molar-refractivity contribution in [3.05, 3.63) is 60.0 Å². The maximum absolute atomic E-state index is 13.0. The number of aromatic nitrogens is 1. The molecule has 0 unspecified atom stereocenters. The Balaban J connectivity index is 1.84. The molecule has 3 nitrogen and oxygen atoms in total. The third-order valence-corrected chi connectivity index (χ3v) is 2.94. The molecular formula is C15H12FNO2. The molecule has 0 fully saturated rings. The third kappa shape index (κ3) is 2.38. The number of hydrogen-bond acceptors (Lipinski definition) is 2. The fraction of sp³-hybridized carbons (Fsp3) is 0.0667. The number of aromatic hydroxyl groups is 1. The normalized spacial score (nSPS) is 10.8. The van der Waals surface area contributed by atoms with Crippen LogP contribution in [0.2, 0.25) is 0 Å². The van der Waals surface area contributed by atoms with E-state index in [0.717, 1.165) is 16.5 Å². The molecule has 0 aliphatic rings. The average Bonchev–Trinajstić information content (AvgIpc) is 2.79. The number of nitrogens with one attached hydrogen (secondary N) is 1. The number of aromatic amines is 1. The van der Waals surface area contributed by atoms with Crippen molar-refractivity contribution in [2.45, 2.75) is 6.61 Å². The van der Waals surface area contributed by atoms with Gasteiger partial charge in [0.05, 0.1) is 0 Å². The van der Waals surface area contributed by atoms with E-state index >= 15 is 0 Å². The standard InChI is InChI=1S/C15H12FNO2/c16-11-2-1-3-13(6-11)19-9-10-8-17-15-5-4-12(18)7-14(10)15/h1-8,17-18H,9H2. The van der Waals surface area contributed by atoms with Gasteiger partial charge in [0.25, 0.3) is 0 Å². The number of benzene rings is 2. The Morgan fingerprint density at radius 3 is 2.89 bits per heavy atom. The topological polar surface area (TPSA) is 45.2 Å². The van der Waals surface area contributed by atoms with Crippen molar-refractivity contribution in [2.24, 2.45) is 0 Å². The second-order valence-electron chi connectivity index (χ2n) is 4.29. The van der Waals surface area contributed by atoms with Crippen LogP contribution in [0.3, 0.4) is 0 Å². The van der Waals surface area contributed by atoms with Crippen LogP contribution in [0.1, 0.15) is 5.56 Å². The van der Waals surface area contributed by atoms with Crippen LogP contribution < -0.4 is 4.74 Å². The van der Waals surface area contributed by atoms with Crippen LogP contribution in [0, 0.1) is 5.82 Å². The van der Waals surface area contributed by atoms with Crippen molar-refractivity contribution in [3.63, 3.8) is 0 Å². The van der Waals surface area contributed by atoms with Gasteiger partial charge in [-0.3, -0.25) is 0 Å². The summed E-state index contributed by atoms with van der Waals surface area (Å²) in [4.78, 5) is 3.10. The first-order valence-electron chi connectivity index (χ1n) is 5.90. The van der Waals surface area contributed by atoms with Gasteiger partial charge in [-0.05, 0) is 30.3 Å². The number of hydrogen-bond donors (Lipinski definition) is 2. The molecule has 1 aromatic heterocycles. The minimum Gasteiger partial charge on any atom is -0.508 e. The summed E-state index contributed by atoms with van der Waals surface area (Å²) < 4.78 is 18.6. The monoisotopic (exact) mass is 257 g/mol. The Morgan fingerprint density at radius 2 is 2.05 bits per heavy atom. The maximum Gasteiger partial charge on any atom is 0.126 e. The summed E-state index contributed by atoms with van der Waals surface area (Å²) in [7, 11) is 0. The predicted molar refractivity (Wildman–Crippen MR) is 70.7 cm³/mol. The number of phenols is 1. The van der Waals surface area contributed by atoms with Crippen molar-refractivity contribution in [1.29, 1.82) is 0 Å². The molecule has 0 bridgehead atoms. The van der Waals surface area contributed by atoms with Crippen LogP contribution in [-0.2, 0) is 6.61 Å². The summed E-state index contributed by atoms with van der Waals surface area (Å²) in [6.45, 7) is 0.312. The van der Waals surface area contributed by atoms with Crippen LogP contribution in [0.15, 0.2) is 48.7 Å². The van der Waals surface area contributed by atoms with E-state index in [9.17, 15) is 9.50 Å². The highest BCUT2D eigenvalue weighted by Gasteiger charge is 2.05. The Kier molecular flexibility index (Phi) is 2.83. The highest BCUT2D eigenvalue weighted by Crippen LogP contribution is 2.24. The molecule has 0 radical (unpaired) electrons. The Bertz CT molecular complexity index is 721. The van der Waals surface area contributed by atoms with Crippen LogP contribution in [0.5, 0.6) is 11.5 Å². The molecule has 2 aromatic carbocycles. The number of halogens is 1. The summed E-state index contributed by atoms with van der Waals surface area (Å²) in [6.07, 6.45) is 1.82. The average molecular weight is 257 g/mol. The van der Waals surface area contributed by atoms with E-state index in [1.54, 1.807) is 30.3 Å². The molecule has 4 heteroatoms. The highest BCUT2D eigenvalue weighted by molar-refractivity contribution is 5.84. The highest BCUT2D eigenvalue weighted by atomic mass is 19.1. The van der Waals surface area contributed by atoms with E-state index in [1.807, 2.05) is 6.20 Å². The minimum absolute atomic E-state index is 0.208. The van der Waals surface area contributed by atoms with Crippen molar-refractivity contribution in [2.75, 3.05) is 0 Å². The number of H-pyrrole nitrogens is 1. The molecule has 1 heterocycles. The molecule has 19 heavy (non-hydrogen) atoms. The predicted octanol–water partition coefficient (Wildman–Crippen LogP) is 3.59. The number of phenolic OH excluding ortho intramolecular Hbond substituents is 1. The van der Waals surface area contributed by atoms with Crippen molar-refractivity contribution in [3.8, 4) is 11.5 Å². The van der Waals surface area contributed by atoms with Crippen LogP contribution in [0.25, 0.3) is 10.9 Å². The molecule has 96 valence electrons. The van der Waals surface area contributed by atoms with Gasteiger partial charge in [-0.2, -0.15) is 0 Å². The zero-order valence-electron chi connectivity index (χ0n) is 10.1. The molecule has 0 amide bonds. The van der Waals surface area contributed by atoms with Gasteiger partial charge in [-0.25, -0.2) is 4.39 Å². The summed E-state index contributed by atoms with van der Waals surface area (Å²) in [6, 6.07) is 11.1. The molecule has 0 spiro atoms. The summed E-state index contributed by atoms with van der Waals surface area (Å²) in [5.74, 6) is 0.364. The van der Waals surface area contributed by atoms with Gasteiger partial charge in [0.15, 0.2) is 0 Å². The molecule has 0 aliphatic heterocycles. The molecule has 2 N–H and O–H groups in total. The summed E-state index contributed by atoms with van der Waals surface area (Å²) in [5.41, 5.74) is 1.84. The third-order valence-electron chi connectivity index (χ3n) is 2.94. The molecule has 0 atom stereocenters. The van der Waals surface area contributed by atoms with Crippen molar-refractivity contribution in [1.82, 2.24) is 4.98 Å². The first kappa shape index (κ1) is 11.6. The maximum atomic E-state index is 13.0. The second-order valence-corrected chi connectivity index (χ2v) is 4.29. The van der Waals surface area contributed by atoms with E-state index in [4.69, 9.17) is 4.74 Å². The van der Waals surface area contributed by atoms with Gasteiger partial charge < -0.3 is 14.8 Å². The summed E-state index contributed by atoms with van der Waals surface area (Å²) in [5, 5.41) is 10.4. The van der Waals surface area contributed by atoms with Gasteiger partial charge in [0.1, 0.15) is 23.9 Å². The van der Waals surface area contributed by atoms with E-state index < -0.39 is 0 Å². The largest absolute Gasteiger partial charge is 0.508 e. The number of rotatable bonds is 3. The van der Waals surface area contributed by atoms with Crippen molar-refractivity contribution >= 4 is 10.9 Å². The fourth-order valence-electron chi connectivity index (χ4n) is 2.00. The minimum atomic E-state index is -0.325. The molecule has 0 saturated carbocycles. The zero-order chi connectivity index (χ0) is 13.2. The van der Waals surface area contributed by atoms with Crippen LogP contribution >= 0.6 is 0 Å². The first-order valence-corrected chi connectivity index (χ1v) is 5.90. The molecule has 3 rings (SSSR count). The zero-order valence-corrected chi connectivity index (χ0v) is 10.1. The summed E-state index contributed by atoms with van der Waals surface area (Å²) >= 11 is 0.